The van der Waals surface area contributed by atoms with Crippen LogP contribution in [-0.2, 0) is 27.3 Å². The monoisotopic (exact) mass is 577 g/mol. The molecule has 3 rings (SSSR count). The fourth-order valence-corrected chi connectivity index (χ4v) is 4.02. The van der Waals surface area contributed by atoms with Crippen LogP contribution < -0.4 is 4.74 Å². The number of nitro groups is 1. The van der Waals surface area contributed by atoms with Gasteiger partial charge in [0.1, 0.15) is 11.6 Å². The van der Waals surface area contributed by atoms with Gasteiger partial charge in [0.25, 0.3) is 5.69 Å². The van der Waals surface area contributed by atoms with Crippen LogP contribution in [0.2, 0.25) is 0 Å². The van der Waals surface area contributed by atoms with E-state index in [1.54, 1.807) is 30.3 Å². The van der Waals surface area contributed by atoms with Crippen LogP contribution in [0, 0.1) is 10.1 Å². The highest BCUT2D eigenvalue weighted by molar-refractivity contribution is 5.88. The Labute approximate surface area is 239 Å². The molecule has 0 bridgehead atoms. The van der Waals surface area contributed by atoms with Crippen molar-refractivity contribution in [3.63, 3.8) is 0 Å². The third-order valence-corrected chi connectivity index (χ3v) is 6.24. The second-order valence-electron chi connectivity index (χ2n) is 9.04. The number of likely N-dealkylation sites (N-methyl/N-ethyl adjacent to an activating group) is 1. The molecule has 41 heavy (non-hydrogen) atoms. The number of carbonyl (C=O) groups is 3. The molecule has 0 saturated heterocycles. The molecule has 4 N–H and O–H groups in total. The number of rotatable bonds is 14. The Kier molecular flexibility index (Phi) is 10.0. The minimum Gasteiger partial charge on any atom is -0.497 e. The average molecular weight is 578 g/mol. The summed E-state index contributed by atoms with van der Waals surface area (Å²) in [6, 6.07) is 11.6. The predicted molar refractivity (Wildman–Crippen MR) is 147 cm³/mol. The number of hydrogen-bond acceptors (Lipinski definition) is 9. The van der Waals surface area contributed by atoms with Crippen LogP contribution in [0.5, 0.6) is 5.75 Å². The molecule has 0 unspecified atom stereocenters. The van der Waals surface area contributed by atoms with Crippen LogP contribution in [0.1, 0.15) is 42.2 Å². The summed E-state index contributed by atoms with van der Waals surface area (Å²) in [5.41, 5.74) is -0.343. The van der Waals surface area contributed by atoms with Crippen LogP contribution in [0.15, 0.2) is 42.5 Å². The molecule has 0 aliphatic rings. The van der Waals surface area contributed by atoms with Crippen LogP contribution in [-0.4, -0.2) is 90.0 Å². The van der Waals surface area contributed by atoms with Crippen molar-refractivity contribution >= 4 is 34.6 Å². The van der Waals surface area contributed by atoms with Crippen molar-refractivity contribution in [1.82, 2.24) is 14.5 Å². The fraction of sp³-hybridized carbons (Fsp3) is 0.407. The Hall–Kier alpha value is -4.56. The molecule has 0 fully saturated rings. The molecule has 0 aliphatic carbocycles. The Morgan fingerprint density at radius 1 is 1.07 bits per heavy atom. The first-order valence-electron chi connectivity index (χ1n) is 14.0. The lowest BCUT2D eigenvalue weighted by Crippen LogP contribution is -2.42. The summed E-state index contributed by atoms with van der Waals surface area (Å²) >= 11 is 0. The third kappa shape index (κ3) is 9.25. The van der Waals surface area contributed by atoms with Crippen molar-refractivity contribution in [2.75, 3.05) is 26.7 Å². The lowest BCUT2D eigenvalue weighted by Gasteiger charge is -2.19. The summed E-state index contributed by atoms with van der Waals surface area (Å²) in [7, 11) is -2.49. The number of methoxy groups -OCH3 is 1. The van der Waals surface area contributed by atoms with Crippen molar-refractivity contribution in [1.29, 1.82) is 0 Å². The normalized spacial score (nSPS) is 12.5. The van der Waals surface area contributed by atoms with Gasteiger partial charge in [-0.3, -0.25) is 19.7 Å². The molecular formula is C27H34N4O10. The smallest absolute Gasteiger partial charge is 0.336 e. The van der Waals surface area contributed by atoms with Crippen LogP contribution >= 0.6 is 0 Å². The fourth-order valence-electron chi connectivity index (χ4n) is 4.02. The van der Waals surface area contributed by atoms with Gasteiger partial charge in [-0.05, 0) is 36.9 Å². The number of fused-ring (bicyclic) bond motifs is 1. The second-order valence-corrected chi connectivity index (χ2v) is 9.04. The molecule has 1 aromatic heterocycles. The van der Waals surface area contributed by atoms with E-state index in [0.717, 1.165) is 36.5 Å². The van der Waals surface area contributed by atoms with Crippen molar-refractivity contribution in [3.05, 3.63) is 64.0 Å². The highest BCUT2D eigenvalue weighted by Crippen LogP contribution is 2.24. The van der Waals surface area contributed by atoms with E-state index in [1.165, 1.54) is 12.1 Å². The second kappa shape index (κ2) is 14.7. The molecule has 0 radical (unpaired) electrons. The van der Waals surface area contributed by atoms with Crippen molar-refractivity contribution < 1.29 is 48.6 Å². The van der Waals surface area contributed by atoms with Gasteiger partial charge in [-0.1, -0.05) is 26.0 Å². The summed E-state index contributed by atoms with van der Waals surface area (Å²) in [5, 5.41) is 45.0. The maximum Gasteiger partial charge on any atom is 0.336 e. The molecule has 0 spiro atoms. The molecule has 0 saturated carbocycles. The zero-order valence-corrected chi connectivity index (χ0v) is 22.5. The van der Waals surface area contributed by atoms with Crippen LogP contribution in [0.25, 0.3) is 11.0 Å². The van der Waals surface area contributed by atoms with Crippen LogP contribution in [0.3, 0.4) is 0 Å². The van der Waals surface area contributed by atoms with E-state index in [9.17, 15) is 24.5 Å². The molecular weight excluding hydrogens is 540 g/mol. The molecule has 1 heterocycles. The molecule has 14 nitrogen and oxygen atoms in total. The standard InChI is InChI=1S/C21H26N4O3.C6H8O7/c1-4-23(5-2)12-13-24-20-11-8-17(25(26)27)15-19(20)22-21(24)14-16-6-9-18(28-3)10-7-16;7-3(8)1-6(13,5(11)12)2-4(9)10/h6-11,15H,4-5,12-14H2,1-3H3;13H,1-2H2,(H,7,8)(H,9,10)(H,11,12)/i3D3;. The number of nitro benzene ring substituents is 1. The maximum atomic E-state index is 11.2. The maximum absolute atomic E-state index is 11.2. The van der Waals surface area contributed by atoms with E-state index in [4.69, 9.17) is 29.3 Å². The van der Waals surface area contributed by atoms with Gasteiger partial charge in [0.15, 0.2) is 5.60 Å². The van der Waals surface area contributed by atoms with E-state index >= 15 is 0 Å². The zero-order valence-electron chi connectivity index (χ0n) is 25.5. The zero-order chi connectivity index (χ0) is 33.2. The van der Waals surface area contributed by atoms with Gasteiger partial charge < -0.3 is 34.6 Å². The predicted octanol–water partition coefficient (Wildman–Crippen LogP) is 2.64. The summed E-state index contributed by atoms with van der Waals surface area (Å²) < 4.78 is 28.6. The SMILES string of the molecule is O=C(O)CC(O)(CC(=O)O)C(=O)O.[2H]C([2H])([2H])Oc1ccc(Cc2nc3cc([N+](=O)[O-])ccc3n2CCN(CC)CC)cc1. The molecule has 2 aromatic carbocycles. The third-order valence-electron chi connectivity index (χ3n) is 6.24. The molecule has 14 heteroatoms. The van der Waals surface area contributed by atoms with Crippen LogP contribution in [0.4, 0.5) is 5.69 Å². The van der Waals surface area contributed by atoms with E-state index in [0.29, 0.717) is 18.5 Å². The largest absolute Gasteiger partial charge is 0.497 e. The Bertz CT molecular complexity index is 1460. The summed E-state index contributed by atoms with van der Waals surface area (Å²) in [5.74, 6) is -3.95. The number of imidazole rings is 1. The van der Waals surface area contributed by atoms with Gasteiger partial charge in [0.05, 0.1) is 39.9 Å². The number of aromatic nitrogens is 2. The van der Waals surface area contributed by atoms with Gasteiger partial charge in [-0.25, -0.2) is 9.78 Å². The average Bonchev–Trinajstić information content (AvgIpc) is 3.25. The highest BCUT2D eigenvalue weighted by atomic mass is 16.6. The number of carboxylic acid groups (broad SMARTS) is 3. The first kappa shape index (κ1) is 28.0. The first-order chi connectivity index (χ1) is 20.5. The van der Waals surface area contributed by atoms with E-state index in [1.807, 2.05) is 0 Å². The molecule has 0 amide bonds. The quantitative estimate of drug-likeness (QED) is 0.161. The number of nitrogens with zero attached hydrogens (tertiary/aromatic N) is 4. The minimum atomic E-state index is -2.74. The topological polar surface area (TPSA) is 206 Å². The Morgan fingerprint density at radius 2 is 1.68 bits per heavy atom. The lowest BCUT2D eigenvalue weighted by molar-refractivity contribution is -0.384. The summed E-state index contributed by atoms with van der Waals surface area (Å²) in [6.07, 6.45) is -1.78. The first-order valence-corrected chi connectivity index (χ1v) is 12.5. The van der Waals surface area contributed by atoms with E-state index in [2.05, 4.69) is 28.3 Å². The molecule has 222 valence electrons. The Morgan fingerprint density at radius 3 is 2.17 bits per heavy atom. The minimum absolute atomic E-state index is 0.0126. The van der Waals surface area contributed by atoms with E-state index < -0.39 is 48.3 Å². The van der Waals surface area contributed by atoms with Gasteiger partial charge in [0.2, 0.25) is 0 Å². The number of hydrogen-bond donors (Lipinski definition) is 4. The number of ether oxygens (including phenoxy) is 1. The number of aliphatic hydroxyl groups is 1. The van der Waals surface area contributed by atoms with Gasteiger partial charge in [0, 0.05) is 31.6 Å². The van der Waals surface area contributed by atoms with Crippen molar-refractivity contribution in [2.24, 2.45) is 0 Å². The Balaban J connectivity index is 0.000000439. The molecule has 0 atom stereocenters. The highest BCUT2D eigenvalue weighted by Gasteiger charge is 2.40. The van der Waals surface area contributed by atoms with E-state index in [-0.39, 0.29) is 11.4 Å². The summed E-state index contributed by atoms with van der Waals surface area (Å²) in [4.78, 5) is 48.2. The molecule has 3 aromatic rings. The number of carboxylic acids is 3. The van der Waals surface area contributed by atoms with Gasteiger partial charge >= 0.3 is 17.9 Å². The number of benzene rings is 2. The van der Waals surface area contributed by atoms with Crippen molar-refractivity contribution in [2.45, 2.75) is 45.3 Å². The molecule has 0 aliphatic heterocycles. The van der Waals surface area contributed by atoms with Crippen molar-refractivity contribution in [3.8, 4) is 5.75 Å². The summed E-state index contributed by atoms with van der Waals surface area (Å²) in [6.45, 7) is 7.66. The van der Waals surface area contributed by atoms with Gasteiger partial charge in [-0.15, -0.1) is 0 Å². The number of aliphatic carboxylic acids is 3. The van der Waals surface area contributed by atoms with Gasteiger partial charge in [-0.2, -0.15) is 0 Å². The lowest BCUT2D eigenvalue weighted by atomic mass is 9.96. The number of non-ortho nitro benzene ring substituents is 1.